The molecule has 136 valence electrons. The molecule has 1 fully saturated rings. The Morgan fingerprint density at radius 1 is 1.24 bits per heavy atom. The van der Waals surface area contributed by atoms with Gasteiger partial charge in [0.15, 0.2) is 5.69 Å². The van der Waals surface area contributed by atoms with Crippen LogP contribution in [0.3, 0.4) is 0 Å². The molecule has 1 aromatic heterocycles. The van der Waals surface area contributed by atoms with Gasteiger partial charge >= 0.3 is 6.18 Å². The second kappa shape index (κ2) is 6.45. The highest BCUT2D eigenvalue weighted by Gasteiger charge is 2.37. The Hall–Kier alpha value is -1.87. The van der Waals surface area contributed by atoms with Gasteiger partial charge in [-0.2, -0.15) is 18.3 Å². The van der Waals surface area contributed by atoms with E-state index in [2.05, 4.69) is 9.82 Å². The van der Waals surface area contributed by atoms with Gasteiger partial charge in [0.25, 0.3) is 0 Å². The third-order valence-corrected chi connectivity index (χ3v) is 5.52. The van der Waals surface area contributed by atoms with Gasteiger partial charge in [-0.25, -0.2) is 13.1 Å². The molecule has 5 nitrogen and oxygen atoms in total. The van der Waals surface area contributed by atoms with Crippen LogP contribution in [0, 0.1) is 6.92 Å². The zero-order chi connectivity index (χ0) is 18.2. The number of sulfonamides is 1. The van der Waals surface area contributed by atoms with Crippen LogP contribution in [0.1, 0.15) is 35.7 Å². The van der Waals surface area contributed by atoms with Gasteiger partial charge in [-0.05, 0) is 38.0 Å². The number of aromatic nitrogens is 2. The molecule has 9 heteroatoms. The first kappa shape index (κ1) is 17.9. The molecule has 1 saturated carbocycles. The normalized spacial score (nSPS) is 15.5. The zero-order valence-electron chi connectivity index (χ0n) is 13.5. The minimum absolute atomic E-state index is 0.0328. The fourth-order valence-electron chi connectivity index (χ4n) is 2.54. The Kier molecular flexibility index (Phi) is 4.63. The molecular formula is C16H18F3N3O2S. The highest BCUT2D eigenvalue weighted by Crippen LogP contribution is 2.42. The van der Waals surface area contributed by atoms with Gasteiger partial charge in [-0.3, -0.25) is 4.68 Å². The molecule has 0 radical (unpaired) electrons. The Morgan fingerprint density at radius 3 is 2.44 bits per heavy atom. The lowest BCUT2D eigenvalue weighted by Crippen LogP contribution is -2.28. The molecule has 1 aliphatic rings. The van der Waals surface area contributed by atoms with Crippen LogP contribution in [0.15, 0.2) is 35.2 Å². The highest BCUT2D eigenvalue weighted by atomic mass is 32.2. The molecule has 0 spiro atoms. The van der Waals surface area contributed by atoms with Gasteiger partial charge < -0.3 is 0 Å². The van der Waals surface area contributed by atoms with Crippen molar-refractivity contribution in [1.82, 2.24) is 14.5 Å². The van der Waals surface area contributed by atoms with E-state index in [1.165, 1.54) is 16.8 Å². The van der Waals surface area contributed by atoms with Crippen molar-refractivity contribution in [3.05, 3.63) is 47.3 Å². The molecule has 0 atom stereocenters. The molecule has 0 amide bonds. The first-order valence-corrected chi connectivity index (χ1v) is 9.36. The second-order valence-electron chi connectivity index (χ2n) is 6.16. The highest BCUT2D eigenvalue weighted by molar-refractivity contribution is 7.89. The SMILES string of the molecule is Cc1ccc(S(=O)(=O)NCCn2nc(C(F)(F)F)cc2C2CC2)cc1. The number of aryl methyl sites for hydroxylation is 1. The van der Waals surface area contributed by atoms with Crippen LogP contribution in [0.25, 0.3) is 0 Å². The maximum atomic E-state index is 12.8. The molecule has 1 N–H and O–H groups in total. The lowest BCUT2D eigenvalue weighted by Gasteiger charge is -2.09. The fourth-order valence-corrected chi connectivity index (χ4v) is 3.56. The fraction of sp³-hybridized carbons (Fsp3) is 0.438. The van der Waals surface area contributed by atoms with E-state index in [0.29, 0.717) is 5.69 Å². The molecule has 0 unspecified atom stereocenters. The van der Waals surface area contributed by atoms with Crippen molar-refractivity contribution in [1.29, 1.82) is 0 Å². The van der Waals surface area contributed by atoms with Crippen LogP contribution < -0.4 is 4.72 Å². The van der Waals surface area contributed by atoms with Crippen molar-refractivity contribution in [3.8, 4) is 0 Å². The summed E-state index contributed by atoms with van der Waals surface area (Å²) in [5.41, 5.74) is 0.516. The summed E-state index contributed by atoms with van der Waals surface area (Å²) in [5.74, 6) is 0.0808. The zero-order valence-corrected chi connectivity index (χ0v) is 14.4. The van der Waals surface area contributed by atoms with Gasteiger partial charge in [-0.15, -0.1) is 0 Å². The minimum Gasteiger partial charge on any atom is -0.267 e. The minimum atomic E-state index is -4.50. The van der Waals surface area contributed by atoms with Crippen molar-refractivity contribution in [2.75, 3.05) is 6.54 Å². The van der Waals surface area contributed by atoms with Crippen LogP contribution >= 0.6 is 0 Å². The van der Waals surface area contributed by atoms with Gasteiger partial charge in [0.2, 0.25) is 10.0 Å². The van der Waals surface area contributed by atoms with Gasteiger partial charge in [0, 0.05) is 18.2 Å². The number of hydrogen-bond acceptors (Lipinski definition) is 3. The molecule has 2 aromatic rings. The van der Waals surface area contributed by atoms with Gasteiger partial charge in [0.05, 0.1) is 11.4 Å². The van der Waals surface area contributed by atoms with Crippen LogP contribution in [0.4, 0.5) is 13.2 Å². The van der Waals surface area contributed by atoms with Gasteiger partial charge in [0.1, 0.15) is 0 Å². The second-order valence-corrected chi connectivity index (χ2v) is 7.93. The van der Waals surface area contributed by atoms with E-state index in [1.54, 1.807) is 12.1 Å². The van der Waals surface area contributed by atoms with E-state index in [9.17, 15) is 21.6 Å². The Balaban J connectivity index is 1.69. The van der Waals surface area contributed by atoms with Crippen molar-refractivity contribution < 1.29 is 21.6 Å². The number of nitrogens with zero attached hydrogens (tertiary/aromatic N) is 2. The van der Waals surface area contributed by atoms with E-state index < -0.39 is 21.9 Å². The molecule has 1 aliphatic carbocycles. The molecule has 1 aromatic carbocycles. The topological polar surface area (TPSA) is 64.0 Å². The lowest BCUT2D eigenvalue weighted by molar-refractivity contribution is -0.141. The van der Waals surface area contributed by atoms with Crippen molar-refractivity contribution in [3.63, 3.8) is 0 Å². The summed E-state index contributed by atoms with van der Waals surface area (Å²) < 4.78 is 66.6. The molecule has 0 aliphatic heterocycles. The number of nitrogens with one attached hydrogen (secondary N) is 1. The molecule has 0 saturated heterocycles. The van der Waals surface area contributed by atoms with E-state index >= 15 is 0 Å². The van der Waals surface area contributed by atoms with Crippen molar-refractivity contribution in [2.24, 2.45) is 0 Å². The quantitative estimate of drug-likeness (QED) is 0.846. The maximum Gasteiger partial charge on any atom is 0.435 e. The maximum absolute atomic E-state index is 12.8. The summed E-state index contributed by atoms with van der Waals surface area (Å²) in [6.45, 7) is 1.86. The average molecular weight is 373 g/mol. The van der Waals surface area contributed by atoms with Crippen molar-refractivity contribution in [2.45, 2.75) is 43.3 Å². The number of rotatable bonds is 6. The molecule has 1 heterocycles. The Morgan fingerprint density at radius 2 is 1.88 bits per heavy atom. The van der Waals surface area contributed by atoms with Crippen LogP contribution in [0.2, 0.25) is 0 Å². The van der Waals surface area contributed by atoms with E-state index in [1.807, 2.05) is 6.92 Å². The summed E-state index contributed by atoms with van der Waals surface area (Å²) in [6, 6.07) is 7.41. The Labute approximate surface area is 143 Å². The molecule has 3 rings (SSSR count). The monoisotopic (exact) mass is 373 g/mol. The molecular weight excluding hydrogens is 355 g/mol. The third-order valence-electron chi connectivity index (χ3n) is 4.04. The summed E-state index contributed by atoms with van der Waals surface area (Å²) >= 11 is 0. The van der Waals surface area contributed by atoms with Gasteiger partial charge in [-0.1, -0.05) is 17.7 Å². The van der Waals surface area contributed by atoms with E-state index in [0.717, 1.165) is 24.5 Å². The van der Waals surface area contributed by atoms with Crippen LogP contribution in [0.5, 0.6) is 0 Å². The summed E-state index contributed by atoms with van der Waals surface area (Å²) in [5, 5.41) is 3.60. The smallest absolute Gasteiger partial charge is 0.267 e. The number of benzene rings is 1. The first-order chi connectivity index (χ1) is 11.7. The predicted octanol–water partition coefficient (Wildman–Crippen LogP) is 3.07. The predicted molar refractivity (Wildman–Crippen MR) is 85.6 cm³/mol. The molecule has 0 bridgehead atoms. The van der Waals surface area contributed by atoms with Crippen LogP contribution in [-0.4, -0.2) is 24.7 Å². The summed E-state index contributed by atoms with van der Waals surface area (Å²) in [7, 11) is -3.70. The number of halogens is 3. The van der Waals surface area contributed by atoms with Crippen molar-refractivity contribution >= 4 is 10.0 Å². The molecule has 25 heavy (non-hydrogen) atoms. The average Bonchev–Trinajstić information content (AvgIpc) is 3.27. The standard InChI is InChI=1S/C16H18F3N3O2S/c1-11-2-6-13(7-3-11)25(23,24)20-8-9-22-14(12-4-5-12)10-15(21-22)16(17,18)19/h2-3,6-7,10,12,20H,4-5,8-9H2,1H3. The number of alkyl halides is 3. The Bertz CT molecular complexity index is 854. The number of hydrogen-bond donors (Lipinski definition) is 1. The summed E-state index contributed by atoms with van der Waals surface area (Å²) in [4.78, 5) is 0.122. The third kappa shape index (κ3) is 4.21. The summed E-state index contributed by atoms with van der Waals surface area (Å²) in [6.07, 6.45) is -2.84. The van der Waals surface area contributed by atoms with E-state index in [-0.39, 0.29) is 23.9 Å². The largest absolute Gasteiger partial charge is 0.435 e. The first-order valence-electron chi connectivity index (χ1n) is 7.88. The lowest BCUT2D eigenvalue weighted by atomic mass is 10.2. The van der Waals surface area contributed by atoms with E-state index in [4.69, 9.17) is 0 Å². The van der Waals surface area contributed by atoms with Crippen LogP contribution in [-0.2, 0) is 22.7 Å².